The predicted molar refractivity (Wildman–Crippen MR) is 119 cm³/mol. The number of carboxylic acids is 1. The molecule has 0 bridgehead atoms. The normalized spacial score (nSPS) is 21.4. The summed E-state index contributed by atoms with van der Waals surface area (Å²) in [7, 11) is 0. The van der Waals surface area contributed by atoms with E-state index < -0.39 is 11.6 Å². The van der Waals surface area contributed by atoms with E-state index in [0.29, 0.717) is 36.6 Å². The molecule has 2 heterocycles. The van der Waals surface area contributed by atoms with Gasteiger partial charge in [0.25, 0.3) is 0 Å². The van der Waals surface area contributed by atoms with Gasteiger partial charge in [0.05, 0.1) is 10.8 Å². The third kappa shape index (κ3) is 4.62. The third-order valence-electron chi connectivity index (χ3n) is 5.72. The maximum absolute atomic E-state index is 11.2. The van der Waals surface area contributed by atoms with Crippen molar-refractivity contribution < 1.29 is 15.0 Å². The summed E-state index contributed by atoms with van der Waals surface area (Å²) in [4.78, 5) is 21.0. The molecule has 9 heteroatoms. The molecule has 1 saturated carbocycles. The number of hydrogen-bond acceptors (Lipinski definition) is 7. The average molecular weight is 442 g/mol. The zero-order chi connectivity index (χ0) is 22.2. The molecule has 164 valence electrons. The predicted octanol–water partition coefficient (Wildman–Crippen LogP) is 4.50. The maximum atomic E-state index is 11.2. The highest BCUT2D eigenvalue weighted by Crippen LogP contribution is 2.43. The molecule has 0 spiro atoms. The number of aliphatic hydroxyl groups is 1. The van der Waals surface area contributed by atoms with Crippen molar-refractivity contribution in [1.82, 2.24) is 19.7 Å². The Balaban J connectivity index is 1.54. The Hall–Kier alpha value is -2.78. The summed E-state index contributed by atoms with van der Waals surface area (Å²) in [6, 6.07) is 6.37. The molecule has 8 nitrogen and oxygen atoms in total. The van der Waals surface area contributed by atoms with Gasteiger partial charge in [0, 0.05) is 17.9 Å². The Morgan fingerprint density at radius 1 is 1.26 bits per heavy atom. The molecular formula is C22H27N5O3S. The van der Waals surface area contributed by atoms with Gasteiger partial charge in [-0.1, -0.05) is 6.07 Å². The van der Waals surface area contributed by atoms with E-state index in [9.17, 15) is 15.0 Å². The number of anilines is 2. The second-order valence-corrected chi connectivity index (χ2v) is 9.56. The highest BCUT2D eigenvalue weighted by molar-refractivity contribution is 7.15. The van der Waals surface area contributed by atoms with Crippen LogP contribution in [0.2, 0.25) is 0 Å². The molecule has 0 aliphatic heterocycles. The lowest BCUT2D eigenvalue weighted by Crippen LogP contribution is -2.33. The minimum atomic E-state index is -1.05. The molecule has 0 unspecified atom stereocenters. The number of benzene rings is 1. The first-order valence-corrected chi connectivity index (χ1v) is 11.3. The number of rotatable bonds is 6. The lowest BCUT2D eigenvalue weighted by Gasteiger charge is -2.32. The molecule has 3 aromatic rings. The Labute approximate surface area is 185 Å². The first-order valence-electron chi connectivity index (χ1n) is 10.5. The van der Waals surface area contributed by atoms with Crippen molar-refractivity contribution in [3.8, 4) is 10.4 Å². The molecule has 1 fully saturated rings. The van der Waals surface area contributed by atoms with Crippen molar-refractivity contribution in [1.29, 1.82) is 0 Å². The van der Waals surface area contributed by atoms with Crippen molar-refractivity contribution in [2.75, 3.05) is 5.32 Å². The lowest BCUT2D eigenvalue weighted by molar-refractivity contribution is -0.145. The van der Waals surface area contributed by atoms with E-state index >= 15 is 0 Å². The summed E-state index contributed by atoms with van der Waals surface area (Å²) in [5, 5.41) is 28.6. The van der Waals surface area contributed by atoms with Crippen LogP contribution in [0.3, 0.4) is 0 Å². The van der Waals surface area contributed by atoms with Gasteiger partial charge < -0.3 is 15.5 Å². The van der Waals surface area contributed by atoms with Gasteiger partial charge in [-0.15, -0.1) is 16.4 Å². The first-order chi connectivity index (χ1) is 14.7. The van der Waals surface area contributed by atoms with Gasteiger partial charge >= 0.3 is 5.97 Å². The Morgan fingerprint density at radius 2 is 2.00 bits per heavy atom. The molecule has 0 saturated heterocycles. The number of carbonyl (C=O) groups is 1. The smallest absolute Gasteiger partial charge is 0.306 e. The van der Waals surface area contributed by atoms with Crippen LogP contribution in [0.25, 0.3) is 10.4 Å². The van der Waals surface area contributed by atoms with Crippen molar-refractivity contribution in [3.63, 3.8) is 0 Å². The number of carboxylic acid groups (broad SMARTS) is 1. The molecule has 31 heavy (non-hydrogen) atoms. The summed E-state index contributed by atoms with van der Waals surface area (Å²) >= 11 is 1.46. The summed E-state index contributed by atoms with van der Waals surface area (Å²) < 4.78 is 1.80. The molecule has 2 aromatic heterocycles. The topological polar surface area (TPSA) is 113 Å². The Bertz CT molecular complexity index is 1080. The number of thiazole rings is 1. The number of aromatic nitrogens is 4. The molecule has 1 aromatic carbocycles. The number of aryl methyl sites for hydroxylation is 1. The van der Waals surface area contributed by atoms with E-state index in [0.717, 1.165) is 21.7 Å². The average Bonchev–Trinajstić information content (AvgIpc) is 3.38. The summed E-state index contributed by atoms with van der Waals surface area (Å²) in [6.45, 7) is 6.12. The minimum absolute atomic E-state index is 0.239. The number of hydrogen-bond donors (Lipinski definition) is 3. The number of nitrogens with one attached hydrogen (secondary N) is 1. The van der Waals surface area contributed by atoms with Gasteiger partial charge in [-0.2, -0.15) is 0 Å². The fourth-order valence-electron chi connectivity index (χ4n) is 3.89. The van der Waals surface area contributed by atoms with Crippen LogP contribution in [-0.2, 0) is 10.4 Å². The summed E-state index contributed by atoms with van der Waals surface area (Å²) in [5.41, 5.74) is 1.91. The van der Waals surface area contributed by atoms with Crippen LogP contribution in [0.1, 0.15) is 56.1 Å². The van der Waals surface area contributed by atoms with Crippen LogP contribution in [0, 0.1) is 12.8 Å². The fraction of sp³-hybridized carbons (Fsp3) is 0.455. The molecule has 4 rings (SSSR count). The van der Waals surface area contributed by atoms with Crippen molar-refractivity contribution in [3.05, 3.63) is 41.3 Å². The number of aliphatic carboxylic acids is 1. The van der Waals surface area contributed by atoms with Gasteiger partial charge in [0.15, 0.2) is 0 Å². The van der Waals surface area contributed by atoms with E-state index in [4.69, 9.17) is 0 Å². The van der Waals surface area contributed by atoms with Crippen LogP contribution < -0.4 is 5.32 Å². The van der Waals surface area contributed by atoms with E-state index in [1.807, 2.05) is 32.9 Å². The van der Waals surface area contributed by atoms with Gasteiger partial charge in [-0.25, -0.2) is 14.6 Å². The van der Waals surface area contributed by atoms with Crippen LogP contribution in [0.4, 0.5) is 11.6 Å². The zero-order valence-corrected chi connectivity index (χ0v) is 18.7. The van der Waals surface area contributed by atoms with Crippen LogP contribution in [0.15, 0.2) is 30.7 Å². The maximum Gasteiger partial charge on any atom is 0.306 e. The van der Waals surface area contributed by atoms with Crippen LogP contribution in [0.5, 0.6) is 0 Å². The second-order valence-electron chi connectivity index (χ2n) is 8.53. The monoisotopic (exact) mass is 441 g/mol. The minimum Gasteiger partial charge on any atom is -0.481 e. The standard InChI is InChI=1S/C22H27N5O3S/c1-13(2)27-12-24-21(26-27)25-17-9-14(3)8-16(10-17)18-11-23-20(31-18)22(30)6-4-15(5-7-22)19(28)29/h8-13,15,30H,4-7H2,1-3H3,(H,25,26)(H,28,29)/t15-,22+. The Kier molecular flexibility index (Phi) is 5.81. The van der Waals surface area contributed by atoms with E-state index in [-0.39, 0.29) is 12.0 Å². The van der Waals surface area contributed by atoms with E-state index in [1.54, 1.807) is 17.2 Å². The quantitative estimate of drug-likeness (QED) is 0.516. The lowest BCUT2D eigenvalue weighted by atomic mass is 9.79. The number of nitrogens with zero attached hydrogens (tertiary/aromatic N) is 4. The molecular weight excluding hydrogens is 414 g/mol. The second kappa shape index (κ2) is 8.39. The van der Waals surface area contributed by atoms with Crippen LogP contribution in [-0.4, -0.2) is 35.9 Å². The van der Waals surface area contributed by atoms with E-state index in [1.165, 1.54) is 11.3 Å². The van der Waals surface area contributed by atoms with Crippen molar-refractivity contribution >= 4 is 28.9 Å². The van der Waals surface area contributed by atoms with Crippen molar-refractivity contribution in [2.45, 2.75) is 58.1 Å². The third-order valence-corrected chi connectivity index (χ3v) is 6.96. The largest absolute Gasteiger partial charge is 0.481 e. The molecule has 3 N–H and O–H groups in total. The molecule has 0 radical (unpaired) electrons. The van der Waals surface area contributed by atoms with Crippen LogP contribution >= 0.6 is 11.3 Å². The summed E-state index contributed by atoms with van der Waals surface area (Å²) in [5.74, 6) is -0.618. The zero-order valence-electron chi connectivity index (χ0n) is 17.9. The first kappa shape index (κ1) is 21.5. The van der Waals surface area contributed by atoms with Gasteiger partial charge in [-0.05, 0) is 69.7 Å². The highest BCUT2D eigenvalue weighted by Gasteiger charge is 2.39. The molecule has 0 amide bonds. The van der Waals surface area contributed by atoms with E-state index in [2.05, 4.69) is 26.4 Å². The SMILES string of the molecule is Cc1cc(Nc2ncn(C(C)C)n2)cc(-c2cnc([C@]3(O)CC[C@@H](C(=O)O)CC3)s2)c1. The molecule has 1 aliphatic carbocycles. The molecule has 0 atom stereocenters. The van der Waals surface area contributed by atoms with Crippen molar-refractivity contribution in [2.24, 2.45) is 5.92 Å². The fourth-order valence-corrected chi connectivity index (χ4v) is 4.94. The van der Waals surface area contributed by atoms with Gasteiger partial charge in [0.1, 0.15) is 16.9 Å². The van der Waals surface area contributed by atoms with Gasteiger partial charge in [-0.3, -0.25) is 4.79 Å². The Morgan fingerprint density at radius 3 is 2.65 bits per heavy atom. The van der Waals surface area contributed by atoms with Gasteiger partial charge in [0.2, 0.25) is 5.95 Å². The highest BCUT2D eigenvalue weighted by atomic mass is 32.1. The summed E-state index contributed by atoms with van der Waals surface area (Å²) in [6.07, 6.45) is 5.26. The molecule has 1 aliphatic rings.